The van der Waals surface area contributed by atoms with Crippen molar-refractivity contribution in [3.8, 4) is 11.5 Å². The van der Waals surface area contributed by atoms with Gasteiger partial charge in [0, 0.05) is 36.9 Å². The van der Waals surface area contributed by atoms with Crippen molar-refractivity contribution >= 4 is 34.4 Å². The van der Waals surface area contributed by atoms with Gasteiger partial charge in [-0.3, -0.25) is 14.5 Å². The molecule has 0 fully saturated rings. The number of anilines is 1. The zero-order chi connectivity index (χ0) is 19.5. The molecule has 146 valence electrons. The second kappa shape index (κ2) is 8.04. The molecule has 0 aliphatic carbocycles. The highest BCUT2D eigenvalue weighted by Gasteiger charge is 2.39. The van der Waals surface area contributed by atoms with Crippen LogP contribution in [0.15, 0.2) is 41.4 Å². The second-order valence-electron chi connectivity index (χ2n) is 6.32. The highest BCUT2D eigenvalue weighted by Crippen LogP contribution is 2.36. The van der Waals surface area contributed by atoms with Crippen molar-refractivity contribution in [2.45, 2.75) is 6.42 Å². The Morgan fingerprint density at radius 1 is 1.14 bits per heavy atom. The number of methoxy groups -OCH3 is 1. The van der Waals surface area contributed by atoms with Crippen LogP contribution in [-0.2, 0) is 14.3 Å². The summed E-state index contributed by atoms with van der Waals surface area (Å²) in [5.74, 6) is 0.658. The first-order chi connectivity index (χ1) is 13.7. The average Bonchev–Trinajstić information content (AvgIpc) is 3.31. The second-order valence-corrected chi connectivity index (χ2v) is 7.27. The van der Waals surface area contributed by atoms with Gasteiger partial charge in [0.1, 0.15) is 18.9 Å². The maximum atomic E-state index is 13.0. The Hall–Kier alpha value is -2.84. The van der Waals surface area contributed by atoms with E-state index in [0.717, 1.165) is 4.88 Å². The number of benzene rings is 1. The van der Waals surface area contributed by atoms with Crippen molar-refractivity contribution in [2.24, 2.45) is 0 Å². The van der Waals surface area contributed by atoms with Crippen LogP contribution >= 0.6 is 11.3 Å². The van der Waals surface area contributed by atoms with Crippen molar-refractivity contribution < 1.29 is 23.8 Å². The van der Waals surface area contributed by atoms with Gasteiger partial charge < -0.3 is 19.5 Å². The largest absolute Gasteiger partial charge is 0.486 e. The van der Waals surface area contributed by atoms with E-state index in [0.29, 0.717) is 55.5 Å². The fourth-order valence-corrected chi connectivity index (χ4v) is 3.95. The van der Waals surface area contributed by atoms with Crippen LogP contribution in [0, 0.1) is 0 Å². The summed E-state index contributed by atoms with van der Waals surface area (Å²) in [4.78, 5) is 28.0. The van der Waals surface area contributed by atoms with E-state index in [1.54, 1.807) is 25.3 Å². The summed E-state index contributed by atoms with van der Waals surface area (Å²) in [7, 11) is 1.60. The molecule has 2 aliphatic heterocycles. The molecule has 8 heteroatoms. The quantitative estimate of drug-likeness (QED) is 0.569. The number of carbonyl (C=O) groups is 2. The molecule has 0 saturated carbocycles. The Morgan fingerprint density at radius 3 is 2.71 bits per heavy atom. The smallest absolute Gasteiger partial charge is 0.278 e. The van der Waals surface area contributed by atoms with Crippen LogP contribution in [0.1, 0.15) is 11.3 Å². The molecule has 7 nitrogen and oxygen atoms in total. The van der Waals surface area contributed by atoms with Gasteiger partial charge >= 0.3 is 0 Å². The van der Waals surface area contributed by atoms with Gasteiger partial charge in [0.05, 0.1) is 5.57 Å². The number of carbonyl (C=O) groups excluding carboxylic acids is 2. The normalized spacial score (nSPS) is 16.1. The number of imide groups is 1. The standard InChI is InChI=1S/C20H20N2O5S/c1-25-8-3-7-22-19(23)17(16-4-2-11-28-16)18(20(22)24)21-13-5-6-14-15(12-13)27-10-9-26-14/h2,4-6,11-12,21H,3,7-10H2,1H3. The minimum Gasteiger partial charge on any atom is -0.486 e. The zero-order valence-electron chi connectivity index (χ0n) is 15.4. The molecular weight excluding hydrogens is 380 g/mol. The number of hydrogen-bond donors (Lipinski definition) is 1. The van der Waals surface area contributed by atoms with Gasteiger partial charge in [0.25, 0.3) is 11.8 Å². The lowest BCUT2D eigenvalue weighted by Gasteiger charge is -2.19. The van der Waals surface area contributed by atoms with Crippen molar-refractivity contribution in [2.75, 3.05) is 38.8 Å². The van der Waals surface area contributed by atoms with Crippen molar-refractivity contribution in [1.29, 1.82) is 0 Å². The summed E-state index contributed by atoms with van der Waals surface area (Å²) in [6.07, 6.45) is 0.586. The molecule has 0 saturated heterocycles. The lowest BCUT2D eigenvalue weighted by Crippen LogP contribution is -2.33. The van der Waals surface area contributed by atoms with Gasteiger partial charge in [-0.25, -0.2) is 0 Å². The lowest BCUT2D eigenvalue weighted by molar-refractivity contribution is -0.136. The topological polar surface area (TPSA) is 77.1 Å². The molecule has 28 heavy (non-hydrogen) atoms. The van der Waals surface area contributed by atoms with E-state index >= 15 is 0 Å². The zero-order valence-corrected chi connectivity index (χ0v) is 16.2. The number of nitrogens with one attached hydrogen (secondary N) is 1. The Labute approximate surface area is 166 Å². The van der Waals surface area contributed by atoms with E-state index in [2.05, 4.69) is 5.32 Å². The molecule has 1 aromatic carbocycles. The van der Waals surface area contributed by atoms with Crippen molar-refractivity contribution in [3.63, 3.8) is 0 Å². The minimum absolute atomic E-state index is 0.279. The van der Waals surface area contributed by atoms with Gasteiger partial charge in [0.15, 0.2) is 11.5 Å². The summed E-state index contributed by atoms with van der Waals surface area (Å²) in [5.41, 5.74) is 1.34. The van der Waals surface area contributed by atoms with Crippen LogP contribution in [0.2, 0.25) is 0 Å². The molecule has 2 aliphatic rings. The number of hydrogen-bond acceptors (Lipinski definition) is 7. The molecule has 2 aromatic rings. The highest BCUT2D eigenvalue weighted by molar-refractivity contribution is 7.11. The van der Waals surface area contributed by atoms with Gasteiger partial charge in [-0.15, -0.1) is 11.3 Å². The van der Waals surface area contributed by atoms with Gasteiger partial charge in [-0.1, -0.05) is 6.07 Å². The number of amides is 2. The fraction of sp³-hybridized carbons (Fsp3) is 0.300. The van der Waals surface area contributed by atoms with E-state index in [1.807, 2.05) is 17.5 Å². The molecule has 0 bridgehead atoms. The van der Waals surface area contributed by atoms with E-state index in [9.17, 15) is 9.59 Å². The van der Waals surface area contributed by atoms with Crippen molar-refractivity contribution in [1.82, 2.24) is 4.90 Å². The van der Waals surface area contributed by atoms with Crippen LogP contribution in [0.3, 0.4) is 0 Å². The summed E-state index contributed by atoms with van der Waals surface area (Å²) in [6, 6.07) is 9.08. The summed E-state index contributed by atoms with van der Waals surface area (Å²) < 4.78 is 16.2. The average molecular weight is 400 g/mol. The van der Waals surface area contributed by atoms with Gasteiger partial charge in [-0.2, -0.15) is 0 Å². The van der Waals surface area contributed by atoms with Crippen LogP contribution in [0.5, 0.6) is 11.5 Å². The first-order valence-corrected chi connectivity index (χ1v) is 9.87. The number of fused-ring (bicyclic) bond motifs is 1. The number of thiophene rings is 1. The maximum absolute atomic E-state index is 13.0. The van der Waals surface area contributed by atoms with Crippen LogP contribution in [0.4, 0.5) is 5.69 Å². The van der Waals surface area contributed by atoms with Crippen LogP contribution in [-0.4, -0.2) is 50.2 Å². The van der Waals surface area contributed by atoms with E-state index in [4.69, 9.17) is 14.2 Å². The molecule has 0 atom stereocenters. The molecular formula is C20H20N2O5S. The number of rotatable bonds is 7. The van der Waals surface area contributed by atoms with Crippen LogP contribution < -0.4 is 14.8 Å². The predicted molar refractivity (Wildman–Crippen MR) is 106 cm³/mol. The number of ether oxygens (including phenoxy) is 3. The molecule has 0 unspecified atom stereocenters. The lowest BCUT2D eigenvalue weighted by atomic mass is 10.1. The third kappa shape index (κ3) is 3.48. The first-order valence-electron chi connectivity index (χ1n) is 8.99. The van der Waals surface area contributed by atoms with E-state index in [-0.39, 0.29) is 17.5 Å². The molecule has 3 heterocycles. The maximum Gasteiger partial charge on any atom is 0.278 e. The highest BCUT2D eigenvalue weighted by atomic mass is 32.1. The summed E-state index contributed by atoms with van der Waals surface area (Å²) in [5, 5.41) is 5.02. The number of nitrogens with zero attached hydrogens (tertiary/aromatic N) is 1. The third-order valence-corrected chi connectivity index (χ3v) is 5.36. The molecule has 0 spiro atoms. The molecule has 0 radical (unpaired) electrons. The van der Waals surface area contributed by atoms with Gasteiger partial charge in [0.2, 0.25) is 0 Å². The molecule has 2 amide bonds. The Kier molecular flexibility index (Phi) is 5.31. The third-order valence-electron chi connectivity index (χ3n) is 4.48. The first kappa shape index (κ1) is 18.5. The van der Waals surface area contributed by atoms with Gasteiger partial charge in [-0.05, 0) is 30.0 Å². The predicted octanol–water partition coefficient (Wildman–Crippen LogP) is 2.75. The molecule has 1 aromatic heterocycles. The Morgan fingerprint density at radius 2 is 1.96 bits per heavy atom. The van der Waals surface area contributed by atoms with E-state index in [1.165, 1.54) is 16.2 Å². The molecule has 4 rings (SSSR count). The van der Waals surface area contributed by atoms with E-state index < -0.39 is 0 Å². The Balaban J connectivity index is 1.65. The van der Waals surface area contributed by atoms with Crippen molar-refractivity contribution in [3.05, 3.63) is 46.3 Å². The minimum atomic E-state index is -0.334. The summed E-state index contributed by atoms with van der Waals surface area (Å²) in [6.45, 7) is 1.78. The SMILES string of the molecule is COCCCN1C(=O)C(Nc2ccc3c(c2)OCCO3)=C(c2cccs2)C1=O. The Bertz CT molecular complexity index is 923. The summed E-state index contributed by atoms with van der Waals surface area (Å²) >= 11 is 1.43. The van der Waals surface area contributed by atoms with Crippen LogP contribution in [0.25, 0.3) is 5.57 Å². The monoisotopic (exact) mass is 400 g/mol. The fourth-order valence-electron chi connectivity index (χ4n) is 3.18. The molecule has 1 N–H and O–H groups in total.